The van der Waals surface area contributed by atoms with E-state index >= 15 is 0 Å². The second kappa shape index (κ2) is 5.48. The molecule has 0 fully saturated rings. The van der Waals surface area contributed by atoms with Crippen LogP contribution in [0, 0.1) is 6.92 Å². The SMILES string of the molecule is CCn1nc(C)cc1C(=O)Cc1cccc(Br)c1. The Bertz CT molecular complexity index is 575. The van der Waals surface area contributed by atoms with E-state index < -0.39 is 0 Å². The van der Waals surface area contributed by atoms with Gasteiger partial charge in [-0.2, -0.15) is 5.10 Å². The molecule has 2 rings (SSSR count). The summed E-state index contributed by atoms with van der Waals surface area (Å²) in [5, 5.41) is 4.30. The first-order valence-electron chi connectivity index (χ1n) is 5.92. The van der Waals surface area contributed by atoms with E-state index in [2.05, 4.69) is 21.0 Å². The Morgan fingerprint density at radius 1 is 1.39 bits per heavy atom. The van der Waals surface area contributed by atoms with Gasteiger partial charge in [0.1, 0.15) is 5.69 Å². The number of rotatable bonds is 4. The summed E-state index contributed by atoms with van der Waals surface area (Å²) >= 11 is 3.41. The van der Waals surface area contributed by atoms with Gasteiger partial charge in [-0.15, -0.1) is 0 Å². The normalized spacial score (nSPS) is 10.6. The van der Waals surface area contributed by atoms with E-state index in [0.717, 1.165) is 15.7 Å². The van der Waals surface area contributed by atoms with E-state index in [1.54, 1.807) is 4.68 Å². The molecule has 0 bridgehead atoms. The highest BCUT2D eigenvalue weighted by Crippen LogP contribution is 2.14. The van der Waals surface area contributed by atoms with Crippen LogP contribution in [0.25, 0.3) is 0 Å². The third-order valence-electron chi connectivity index (χ3n) is 2.74. The molecule has 0 unspecified atom stereocenters. The number of carbonyl (C=O) groups is 1. The number of aryl methyl sites for hydroxylation is 2. The summed E-state index contributed by atoms with van der Waals surface area (Å²) in [6.07, 6.45) is 0.407. The Hall–Kier alpha value is -1.42. The molecule has 0 N–H and O–H groups in total. The molecule has 3 nitrogen and oxygen atoms in total. The number of hydrogen-bond acceptors (Lipinski definition) is 2. The number of hydrogen-bond donors (Lipinski definition) is 0. The molecule has 0 saturated heterocycles. The molecule has 18 heavy (non-hydrogen) atoms. The Labute approximate surface area is 115 Å². The van der Waals surface area contributed by atoms with Gasteiger partial charge < -0.3 is 0 Å². The van der Waals surface area contributed by atoms with Crippen LogP contribution in [0.15, 0.2) is 34.8 Å². The first kappa shape index (κ1) is 13.0. The Morgan fingerprint density at radius 2 is 2.17 bits per heavy atom. The molecular weight excluding hydrogens is 292 g/mol. The van der Waals surface area contributed by atoms with Crippen LogP contribution in [0.4, 0.5) is 0 Å². The van der Waals surface area contributed by atoms with Gasteiger partial charge in [0, 0.05) is 17.4 Å². The summed E-state index contributed by atoms with van der Waals surface area (Å²) in [5.41, 5.74) is 2.58. The van der Waals surface area contributed by atoms with Gasteiger partial charge in [-0.1, -0.05) is 28.1 Å². The van der Waals surface area contributed by atoms with Gasteiger partial charge >= 0.3 is 0 Å². The largest absolute Gasteiger partial charge is 0.292 e. The maximum absolute atomic E-state index is 12.2. The van der Waals surface area contributed by atoms with Crippen molar-refractivity contribution in [1.82, 2.24) is 9.78 Å². The van der Waals surface area contributed by atoms with Crippen molar-refractivity contribution in [2.45, 2.75) is 26.8 Å². The Kier molecular flexibility index (Phi) is 3.97. The van der Waals surface area contributed by atoms with Crippen molar-refractivity contribution in [2.75, 3.05) is 0 Å². The number of carbonyl (C=O) groups excluding carboxylic acids is 1. The molecule has 1 heterocycles. The molecule has 0 atom stereocenters. The Balaban J connectivity index is 2.21. The highest BCUT2D eigenvalue weighted by Gasteiger charge is 2.13. The van der Waals surface area contributed by atoms with Crippen molar-refractivity contribution >= 4 is 21.7 Å². The van der Waals surface area contributed by atoms with Crippen LogP contribution in [-0.2, 0) is 13.0 Å². The van der Waals surface area contributed by atoms with Gasteiger partial charge in [0.2, 0.25) is 0 Å². The lowest BCUT2D eigenvalue weighted by Crippen LogP contribution is -2.11. The average molecular weight is 307 g/mol. The number of ketones is 1. The van der Waals surface area contributed by atoms with Gasteiger partial charge in [-0.3, -0.25) is 9.48 Å². The lowest BCUT2D eigenvalue weighted by atomic mass is 10.1. The molecule has 4 heteroatoms. The molecule has 1 aromatic heterocycles. The fourth-order valence-electron chi connectivity index (χ4n) is 1.93. The van der Waals surface area contributed by atoms with Crippen molar-refractivity contribution in [3.05, 3.63) is 51.8 Å². The number of nitrogens with zero attached hydrogens (tertiary/aromatic N) is 2. The van der Waals surface area contributed by atoms with E-state index in [0.29, 0.717) is 18.7 Å². The first-order valence-corrected chi connectivity index (χ1v) is 6.71. The second-order valence-corrected chi connectivity index (χ2v) is 5.13. The van der Waals surface area contributed by atoms with Crippen LogP contribution in [0.3, 0.4) is 0 Å². The standard InChI is InChI=1S/C14H15BrN2O/c1-3-17-13(7-10(2)16-17)14(18)9-11-5-4-6-12(15)8-11/h4-8H,3,9H2,1-2H3. The Morgan fingerprint density at radius 3 is 2.83 bits per heavy atom. The van der Waals surface area contributed by atoms with Crippen LogP contribution in [0.1, 0.15) is 28.7 Å². The number of benzene rings is 1. The van der Waals surface area contributed by atoms with E-state index in [1.165, 1.54) is 0 Å². The van der Waals surface area contributed by atoms with Crippen molar-refractivity contribution < 1.29 is 4.79 Å². The van der Waals surface area contributed by atoms with Gasteiger partial charge in [-0.25, -0.2) is 0 Å². The quantitative estimate of drug-likeness (QED) is 0.812. The van der Waals surface area contributed by atoms with Gasteiger partial charge in [0.15, 0.2) is 5.78 Å². The summed E-state index contributed by atoms with van der Waals surface area (Å²) < 4.78 is 2.75. The molecule has 0 aliphatic rings. The van der Waals surface area contributed by atoms with E-state index in [9.17, 15) is 4.79 Å². The van der Waals surface area contributed by atoms with Crippen molar-refractivity contribution in [3.8, 4) is 0 Å². The molecule has 0 saturated carbocycles. The number of aromatic nitrogens is 2. The van der Waals surface area contributed by atoms with Crippen LogP contribution < -0.4 is 0 Å². The topological polar surface area (TPSA) is 34.9 Å². The predicted octanol–water partition coefficient (Wildman–Crippen LogP) is 3.40. The lowest BCUT2D eigenvalue weighted by molar-refractivity contribution is 0.0983. The molecule has 0 spiro atoms. The predicted molar refractivity (Wildman–Crippen MR) is 74.8 cm³/mol. The van der Waals surface area contributed by atoms with Crippen LogP contribution >= 0.6 is 15.9 Å². The van der Waals surface area contributed by atoms with Gasteiger partial charge in [0.05, 0.1) is 5.69 Å². The number of halogens is 1. The lowest BCUT2D eigenvalue weighted by Gasteiger charge is -2.04. The van der Waals surface area contributed by atoms with Crippen molar-refractivity contribution in [1.29, 1.82) is 0 Å². The summed E-state index contributed by atoms with van der Waals surface area (Å²) in [6.45, 7) is 4.61. The third kappa shape index (κ3) is 2.88. The minimum absolute atomic E-state index is 0.107. The zero-order valence-corrected chi connectivity index (χ0v) is 12.1. The number of Topliss-reactive ketones (excluding diaryl/α,β-unsaturated/α-hetero) is 1. The molecule has 0 radical (unpaired) electrons. The second-order valence-electron chi connectivity index (χ2n) is 4.22. The summed E-state index contributed by atoms with van der Waals surface area (Å²) in [6, 6.07) is 9.67. The van der Waals surface area contributed by atoms with E-state index in [4.69, 9.17) is 0 Å². The van der Waals surface area contributed by atoms with Gasteiger partial charge in [0.25, 0.3) is 0 Å². The summed E-state index contributed by atoms with van der Waals surface area (Å²) in [5.74, 6) is 0.107. The van der Waals surface area contributed by atoms with Crippen molar-refractivity contribution in [3.63, 3.8) is 0 Å². The third-order valence-corrected chi connectivity index (χ3v) is 3.23. The zero-order chi connectivity index (χ0) is 13.1. The fraction of sp³-hybridized carbons (Fsp3) is 0.286. The fourth-order valence-corrected chi connectivity index (χ4v) is 2.38. The molecule has 1 aromatic carbocycles. The van der Waals surface area contributed by atoms with E-state index in [1.807, 2.05) is 44.2 Å². The molecular formula is C14H15BrN2O. The van der Waals surface area contributed by atoms with Crippen molar-refractivity contribution in [2.24, 2.45) is 0 Å². The first-order chi connectivity index (χ1) is 8.60. The minimum atomic E-state index is 0.107. The summed E-state index contributed by atoms with van der Waals surface area (Å²) in [4.78, 5) is 12.2. The maximum atomic E-state index is 12.2. The molecule has 2 aromatic rings. The molecule has 0 amide bonds. The molecule has 94 valence electrons. The highest BCUT2D eigenvalue weighted by molar-refractivity contribution is 9.10. The van der Waals surface area contributed by atoms with E-state index in [-0.39, 0.29) is 5.78 Å². The highest BCUT2D eigenvalue weighted by atomic mass is 79.9. The average Bonchev–Trinajstić information content (AvgIpc) is 2.70. The molecule has 0 aliphatic heterocycles. The monoisotopic (exact) mass is 306 g/mol. The minimum Gasteiger partial charge on any atom is -0.292 e. The smallest absolute Gasteiger partial charge is 0.185 e. The maximum Gasteiger partial charge on any atom is 0.185 e. The zero-order valence-electron chi connectivity index (χ0n) is 10.5. The van der Waals surface area contributed by atoms with Crippen LogP contribution in [-0.4, -0.2) is 15.6 Å². The van der Waals surface area contributed by atoms with Crippen LogP contribution in [0.5, 0.6) is 0 Å². The molecule has 0 aliphatic carbocycles. The van der Waals surface area contributed by atoms with Gasteiger partial charge in [-0.05, 0) is 37.6 Å². The summed E-state index contributed by atoms with van der Waals surface area (Å²) in [7, 11) is 0. The van der Waals surface area contributed by atoms with Crippen LogP contribution in [0.2, 0.25) is 0 Å².